The molecule has 2 aromatic heterocycles. The summed E-state index contributed by atoms with van der Waals surface area (Å²) in [5.74, 6) is -0.252. The van der Waals surface area contributed by atoms with Crippen LogP contribution in [0.25, 0.3) is 5.65 Å². The average molecular weight is 366 g/mol. The maximum absolute atomic E-state index is 12.2. The van der Waals surface area contributed by atoms with E-state index in [4.69, 9.17) is 4.74 Å². The number of esters is 1. The van der Waals surface area contributed by atoms with E-state index in [1.807, 2.05) is 31.2 Å². The lowest BCUT2D eigenvalue weighted by Crippen LogP contribution is -2.31. The second-order valence-corrected chi connectivity index (χ2v) is 6.35. The molecule has 3 aromatic rings. The van der Waals surface area contributed by atoms with E-state index in [0.717, 1.165) is 12.0 Å². The van der Waals surface area contributed by atoms with Gasteiger partial charge in [-0.2, -0.15) is 0 Å². The highest BCUT2D eigenvalue weighted by molar-refractivity contribution is 5.91. The molecule has 1 unspecified atom stereocenters. The SMILES string of the molecule is CCc1ccc(C(C)NC(=O)COC(=O)c2ccc3nnc(C)n3c2)cc1. The Bertz CT molecular complexity index is 963. The molecule has 1 amide bonds. The number of ether oxygens (including phenoxy) is 1. The molecule has 2 heterocycles. The van der Waals surface area contributed by atoms with Gasteiger partial charge in [0.2, 0.25) is 0 Å². The molecule has 1 N–H and O–H groups in total. The first kappa shape index (κ1) is 18.6. The zero-order chi connectivity index (χ0) is 19.4. The number of hydrogen-bond acceptors (Lipinski definition) is 5. The largest absolute Gasteiger partial charge is 0.452 e. The molecule has 1 aromatic carbocycles. The molecule has 0 bridgehead atoms. The summed E-state index contributed by atoms with van der Waals surface area (Å²) in [6, 6.07) is 11.2. The van der Waals surface area contributed by atoms with E-state index >= 15 is 0 Å². The van der Waals surface area contributed by atoms with Gasteiger partial charge in [-0.05, 0) is 43.5 Å². The molecule has 3 rings (SSSR count). The summed E-state index contributed by atoms with van der Waals surface area (Å²) in [7, 11) is 0. The maximum atomic E-state index is 12.2. The van der Waals surface area contributed by atoms with Crippen molar-refractivity contribution in [2.45, 2.75) is 33.2 Å². The summed E-state index contributed by atoms with van der Waals surface area (Å²) in [6.45, 7) is 5.44. The molecule has 0 radical (unpaired) electrons. The third-order valence-electron chi connectivity index (χ3n) is 4.41. The van der Waals surface area contributed by atoms with Crippen molar-refractivity contribution in [1.82, 2.24) is 19.9 Å². The predicted molar refractivity (Wildman–Crippen MR) is 100 cm³/mol. The Balaban J connectivity index is 1.55. The summed E-state index contributed by atoms with van der Waals surface area (Å²) in [4.78, 5) is 24.3. The van der Waals surface area contributed by atoms with Crippen LogP contribution in [0.1, 0.15) is 47.2 Å². The summed E-state index contributed by atoms with van der Waals surface area (Å²) in [6.07, 6.45) is 2.57. The fourth-order valence-corrected chi connectivity index (χ4v) is 2.75. The van der Waals surface area contributed by atoms with Gasteiger partial charge in [0.05, 0.1) is 11.6 Å². The van der Waals surface area contributed by atoms with Crippen LogP contribution in [-0.2, 0) is 16.0 Å². The number of aryl methyl sites for hydroxylation is 2. The molecule has 0 aliphatic carbocycles. The lowest BCUT2D eigenvalue weighted by atomic mass is 10.1. The van der Waals surface area contributed by atoms with E-state index in [0.29, 0.717) is 17.0 Å². The Labute approximate surface area is 157 Å². The minimum atomic E-state index is -0.569. The minimum Gasteiger partial charge on any atom is -0.452 e. The molecular formula is C20H22N4O3. The molecule has 0 saturated heterocycles. The van der Waals surface area contributed by atoms with Gasteiger partial charge in [-0.25, -0.2) is 4.79 Å². The predicted octanol–water partition coefficient (Wildman–Crippen LogP) is 2.63. The van der Waals surface area contributed by atoms with Gasteiger partial charge in [-0.3, -0.25) is 9.20 Å². The molecule has 0 aliphatic heterocycles. The molecule has 0 spiro atoms. The van der Waals surface area contributed by atoms with Crippen LogP contribution in [0.5, 0.6) is 0 Å². The van der Waals surface area contributed by atoms with Crippen LogP contribution < -0.4 is 5.32 Å². The summed E-state index contributed by atoms with van der Waals surface area (Å²) in [5, 5.41) is 10.7. The highest BCUT2D eigenvalue weighted by atomic mass is 16.5. The number of nitrogens with zero attached hydrogens (tertiary/aromatic N) is 3. The lowest BCUT2D eigenvalue weighted by Gasteiger charge is -2.15. The molecule has 0 aliphatic rings. The Hall–Kier alpha value is -3.22. The quantitative estimate of drug-likeness (QED) is 0.678. The number of nitrogens with one attached hydrogen (secondary N) is 1. The second kappa shape index (κ2) is 7.99. The van der Waals surface area contributed by atoms with E-state index in [1.165, 1.54) is 5.56 Å². The Morgan fingerprint density at radius 2 is 1.89 bits per heavy atom. The van der Waals surface area contributed by atoms with Crippen molar-refractivity contribution in [1.29, 1.82) is 0 Å². The molecule has 0 saturated carbocycles. The fourth-order valence-electron chi connectivity index (χ4n) is 2.75. The first-order valence-corrected chi connectivity index (χ1v) is 8.84. The number of hydrogen-bond donors (Lipinski definition) is 1. The molecule has 27 heavy (non-hydrogen) atoms. The van der Waals surface area contributed by atoms with Crippen LogP contribution in [0.3, 0.4) is 0 Å². The Morgan fingerprint density at radius 3 is 2.59 bits per heavy atom. The van der Waals surface area contributed by atoms with Gasteiger partial charge in [0.1, 0.15) is 5.82 Å². The molecule has 0 fully saturated rings. The van der Waals surface area contributed by atoms with Crippen molar-refractivity contribution >= 4 is 17.5 Å². The second-order valence-electron chi connectivity index (χ2n) is 6.35. The topological polar surface area (TPSA) is 85.6 Å². The van der Waals surface area contributed by atoms with Crippen LogP contribution in [0.4, 0.5) is 0 Å². The monoisotopic (exact) mass is 366 g/mol. The molecule has 7 nitrogen and oxygen atoms in total. The first-order chi connectivity index (χ1) is 13.0. The zero-order valence-corrected chi connectivity index (χ0v) is 15.6. The average Bonchev–Trinajstić information content (AvgIpc) is 3.06. The number of carbonyl (C=O) groups excluding carboxylic acids is 2. The first-order valence-electron chi connectivity index (χ1n) is 8.84. The van der Waals surface area contributed by atoms with E-state index in [-0.39, 0.29) is 18.6 Å². The van der Waals surface area contributed by atoms with Crippen LogP contribution in [-0.4, -0.2) is 33.1 Å². The number of fused-ring (bicyclic) bond motifs is 1. The molecule has 140 valence electrons. The molecule has 1 atom stereocenters. The summed E-state index contributed by atoms with van der Waals surface area (Å²) < 4.78 is 6.82. The maximum Gasteiger partial charge on any atom is 0.340 e. The van der Waals surface area contributed by atoms with Crippen molar-refractivity contribution in [2.24, 2.45) is 0 Å². The van der Waals surface area contributed by atoms with Gasteiger partial charge in [-0.15, -0.1) is 10.2 Å². The smallest absolute Gasteiger partial charge is 0.340 e. The van der Waals surface area contributed by atoms with Crippen molar-refractivity contribution in [3.8, 4) is 0 Å². The standard InChI is InChI=1S/C20H22N4O3/c1-4-15-5-7-16(8-6-15)13(2)21-19(25)12-27-20(26)17-9-10-18-23-22-14(3)24(18)11-17/h5-11,13H,4,12H2,1-3H3,(H,21,25). The van der Waals surface area contributed by atoms with Gasteiger partial charge in [-0.1, -0.05) is 31.2 Å². The van der Waals surface area contributed by atoms with E-state index in [1.54, 1.807) is 29.7 Å². The van der Waals surface area contributed by atoms with Gasteiger partial charge in [0.25, 0.3) is 5.91 Å². The highest BCUT2D eigenvalue weighted by Gasteiger charge is 2.14. The van der Waals surface area contributed by atoms with Crippen molar-refractivity contribution < 1.29 is 14.3 Å². The third-order valence-corrected chi connectivity index (χ3v) is 4.41. The third kappa shape index (κ3) is 4.31. The van der Waals surface area contributed by atoms with Crippen molar-refractivity contribution in [3.05, 3.63) is 65.1 Å². The Morgan fingerprint density at radius 1 is 1.15 bits per heavy atom. The number of carbonyl (C=O) groups is 2. The minimum absolute atomic E-state index is 0.168. The summed E-state index contributed by atoms with van der Waals surface area (Å²) in [5.41, 5.74) is 3.22. The number of rotatable bonds is 6. The van der Waals surface area contributed by atoms with Gasteiger partial charge < -0.3 is 10.1 Å². The highest BCUT2D eigenvalue weighted by Crippen LogP contribution is 2.14. The van der Waals surface area contributed by atoms with E-state index in [9.17, 15) is 9.59 Å². The van der Waals surface area contributed by atoms with Crippen LogP contribution in [0, 0.1) is 6.92 Å². The Kier molecular flexibility index (Phi) is 5.49. The lowest BCUT2D eigenvalue weighted by molar-refractivity contribution is -0.124. The number of pyridine rings is 1. The van der Waals surface area contributed by atoms with Crippen molar-refractivity contribution in [2.75, 3.05) is 6.61 Å². The molecule has 7 heteroatoms. The number of aromatic nitrogens is 3. The number of benzene rings is 1. The fraction of sp³-hybridized carbons (Fsp3) is 0.300. The molecular weight excluding hydrogens is 344 g/mol. The van der Waals surface area contributed by atoms with E-state index in [2.05, 4.69) is 22.4 Å². The van der Waals surface area contributed by atoms with Crippen LogP contribution in [0.2, 0.25) is 0 Å². The number of amides is 1. The van der Waals surface area contributed by atoms with Crippen molar-refractivity contribution in [3.63, 3.8) is 0 Å². The normalized spacial score (nSPS) is 12.0. The summed E-state index contributed by atoms with van der Waals surface area (Å²) >= 11 is 0. The van der Waals surface area contributed by atoms with E-state index < -0.39 is 5.97 Å². The van der Waals surface area contributed by atoms with Gasteiger partial charge in [0.15, 0.2) is 12.3 Å². The van der Waals surface area contributed by atoms with Crippen LogP contribution in [0.15, 0.2) is 42.6 Å². The van der Waals surface area contributed by atoms with Gasteiger partial charge in [0, 0.05) is 6.20 Å². The van der Waals surface area contributed by atoms with Crippen LogP contribution >= 0.6 is 0 Å². The van der Waals surface area contributed by atoms with Gasteiger partial charge >= 0.3 is 5.97 Å². The zero-order valence-electron chi connectivity index (χ0n) is 15.6.